The van der Waals surface area contributed by atoms with Crippen molar-refractivity contribution in [3.63, 3.8) is 0 Å². The van der Waals surface area contributed by atoms with Crippen LogP contribution in [0, 0.1) is 5.92 Å². The number of rotatable bonds is 6. The van der Waals surface area contributed by atoms with Gasteiger partial charge in [0.05, 0.1) is 7.11 Å². The normalized spacial score (nSPS) is 15.2. The number of benzene rings is 1. The maximum absolute atomic E-state index is 13.1. The molecule has 2 amide bonds. The second-order valence-electron chi connectivity index (χ2n) is 7.49. The van der Waals surface area contributed by atoms with Crippen LogP contribution in [0.3, 0.4) is 0 Å². The van der Waals surface area contributed by atoms with E-state index in [4.69, 9.17) is 4.74 Å². The highest BCUT2D eigenvalue weighted by Gasteiger charge is 2.31. The van der Waals surface area contributed by atoms with E-state index in [2.05, 4.69) is 15.2 Å². The zero-order valence-electron chi connectivity index (χ0n) is 17.2. The Hall–Kier alpha value is -3.09. The predicted molar refractivity (Wildman–Crippen MR) is 111 cm³/mol. The van der Waals surface area contributed by atoms with E-state index < -0.39 is 6.04 Å². The zero-order chi connectivity index (χ0) is 20.8. The Morgan fingerprint density at radius 1 is 1.00 bits per heavy atom. The molecule has 1 atom stereocenters. The van der Waals surface area contributed by atoms with Gasteiger partial charge in [0.25, 0.3) is 5.91 Å². The summed E-state index contributed by atoms with van der Waals surface area (Å²) in [5.74, 6) is 0.404. The molecule has 29 heavy (non-hydrogen) atoms. The number of hydrogen-bond donors (Lipinski definition) is 1. The summed E-state index contributed by atoms with van der Waals surface area (Å²) in [6, 6.07) is 10.4. The van der Waals surface area contributed by atoms with E-state index in [9.17, 15) is 9.59 Å². The predicted octanol–water partition coefficient (Wildman–Crippen LogP) is 1.61. The second-order valence-corrected chi connectivity index (χ2v) is 7.49. The van der Waals surface area contributed by atoms with E-state index in [0.717, 1.165) is 18.8 Å². The van der Waals surface area contributed by atoms with Crippen LogP contribution in [0.2, 0.25) is 0 Å². The van der Waals surface area contributed by atoms with Crippen molar-refractivity contribution in [3.05, 3.63) is 54.4 Å². The summed E-state index contributed by atoms with van der Waals surface area (Å²) in [5.41, 5.74) is 1.65. The van der Waals surface area contributed by atoms with Crippen molar-refractivity contribution in [2.45, 2.75) is 19.9 Å². The molecule has 0 spiro atoms. The Morgan fingerprint density at radius 3 is 2.17 bits per heavy atom. The van der Waals surface area contributed by atoms with E-state index in [-0.39, 0.29) is 17.7 Å². The standard InChI is InChI=1S/C22H28N4O3/c1-16(2)20(24-21(27)17-4-6-19(29-3)7-5-17)22(28)26-14-12-25(13-15-26)18-8-10-23-11-9-18/h4-11,16,20H,12-15H2,1-3H3,(H,24,27)/p+1/t20-/m0/s1. The first-order valence-corrected chi connectivity index (χ1v) is 9.94. The molecular formula is C22H29N4O3+. The van der Waals surface area contributed by atoms with E-state index in [1.807, 2.05) is 43.3 Å². The van der Waals surface area contributed by atoms with Crippen LogP contribution in [-0.4, -0.2) is 56.0 Å². The number of nitrogens with zero attached hydrogens (tertiary/aromatic N) is 2. The Labute approximate surface area is 171 Å². The summed E-state index contributed by atoms with van der Waals surface area (Å²) in [5, 5.41) is 2.92. The first-order valence-electron chi connectivity index (χ1n) is 9.94. The fourth-order valence-corrected chi connectivity index (χ4v) is 3.45. The highest BCUT2D eigenvalue weighted by atomic mass is 16.5. The average molecular weight is 397 g/mol. The number of carbonyl (C=O) groups is 2. The lowest BCUT2D eigenvalue weighted by molar-refractivity contribution is -0.377. The van der Waals surface area contributed by atoms with Gasteiger partial charge in [-0.05, 0) is 30.2 Å². The topological polar surface area (TPSA) is 76.0 Å². The lowest BCUT2D eigenvalue weighted by Gasteiger charge is -2.38. The van der Waals surface area contributed by atoms with Crippen LogP contribution >= 0.6 is 0 Å². The lowest BCUT2D eigenvalue weighted by atomic mass is 10.0. The summed E-state index contributed by atoms with van der Waals surface area (Å²) in [6.45, 7) is 6.72. The monoisotopic (exact) mass is 397 g/mol. The van der Waals surface area contributed by atoms with E-state index >= 15 is 0 Å². The Balaban J connectivity index is 1.61. The number of methoxy groups -OCH3 is 1. The van der Waals surface area contributed by atoms with Crippen molar-refractivity contribution in [2.75, 3.05) is 38.2 Å². The molecule has 3 rings (SSSR count). The zero-order valence-corrected chi connectivity index (χ0v) is 17.2. The van der Waals surface area contributed by atoms with Gasteiger partial charge in [-0.1, -0.05) is 13.8 Å². The van der Waals surface area contributed by atoms with Crippen molar-refractivity contribution in [1.82, 2.24) is 10.2 Å². The van der Waals surface area contributed by atoms with Gasteiger partial charge < -0.3 is 19.9 Å². The Kier molecular flexibility index (Phi) is 6.69. The van der Waals surface area contributed by atoms with Gasteiger partial charge in [-0.15, -0.1) is 0 Å². The quantitative estimate of drug-likeness (QED) is 0.804. The molecule has 0 unspecified atom stereocenters. The number of nitrogens with one attached hydrogen (secondary N) is 2. The van der Waals surface area contributed by atoms with Crippen LogP contribution in [0.4, 0.5) is 5.69 Å². The van der Waals surface area contributed by atoms with Crippen LogP contribution in [0.5, 0.6) is 5.75 Å². The molecular weight excluding hydrogens is 368 g/mol. The van der Waals surface area contributed by atoms with Crippen molar-refractivity contribution in [1.29, 1.82) is 0 Å². The first kappa shape index (κ1) is 20.6. The minimum absolute atomic E-state index is 0.00705. The number of hydrogen-bond acceptors (Lipinski definition) is 4. The third-order valence-corrected chi connectivity index (χ3v) is 5.23. The van der Waals surface area contributed by atoms with E-state index in [1.54, 1.807) is 31.4 Å². The highest BCUT2D eigenvalue weighted by Crippen LogP contribution is 2.17. The smallest absolute Gasteiger partial charge is 0.251 e. The number of aromatic nitrogens is 1. The van der Waals surface area contributed by atoms with Crippen molar-refractivity contribution >= 4 is 17.5 Å². The number of amides is 2. The molecule has 0 saturated carbocycles. The third kappa shape index (κ3) is 5.04. The number of anilines is 1. The van der Waals surface area contributed by atoms with Crippen LogP contribution in [0.15, 0.2) is 48.8 Å². The van der Waals surface area contributed by atoms with Crippen LogP contribution in [0.25, 0.3) is 0 Å². The Bertz CT molecular complexity index is 816. The minimum atomic E-state index is -0.553. The van der Waals surface area contributed by atoms with Gasteiger partial charge in [-0.2, -0.15) is 0 Å². The van der Waals surface area contributed by atoms with Gasteiger partial charge in [-0.25, -0.2) is 4.98 Å². The first-order chi connectivity index (χ1) is 14.0. The third-order valence-electron chi connectivity index (χ3n) is 5.23. The molecule has 2 N–H and O–H groups in total. The molecule has 0 bridgehead atoms. The van der Waals surface area contributed by atoms with Crippen molar-refractivity contribution in [2.24, 2.45) is 5.92 Å². The maximum Gasteiger partial charge on any atom is 0.251 e. The number of pyridine rings is 1. The summed E-state index contributed by atoms with van der Waals surface area (Å²) in [7, 11) is 1.58. The molecule has 1 saturated heterocycles. The van der Waals surface area contributed by atoms with Gasteiger partial charge in [-0.3, -0.25) is 9.59 Å². The molecule has 1 aliphatic heterocycles. The number of H-pyrrole nitrogens is 1. The van der Waals surface area contributed by atoms with Crippen molar-refractivity contribution in [3.8, 4) is 5.75 Å². The molecule has 154 valence electrons. The SMILES string of the molecule is COc1ccc(C(=O)N[C@H](C(=O)N2CCN(c3cc[nH+]cc3)CC2)C(C)C)cc1. The average Bonchev–Trinajstić information content (AvgIpc) is 2.77. The molecule has 7 nitrogen and oxygen atoms in total. The maximum atomic E-state index is 13.1. The van der Waals surface area contributed by atoms with Gasteiger partial charge in [0.15, 0.2) is 12.4 Å². The molecule has 1 fully saturated rings. The summed E-state index contributed by atoms with van der Waals surface area (Å²) >= 11 is 0. The molecule has 1 aromatic heterocycles. The van der Waals surface area contributed by atoms with E-state index in [0.29, 0.717) is 24.4 Å². The lowest BCUT2D eigenvalue weighted by Crippen LogP contribution is -2.56. The fourth-order valence-electron chi connectivity index (χ4n) is 3.45. The van der Waals surface area contributed by atoms with Gasteiger partial charge >= 0.3 is 0 Å². The van der Waals surface area contributed by atoms with Crippen LogP contribution in [0.1, 0.15) is 24.2 Å². The number of ether oxygens (including phenoxy) is 1. The van der Waals surface area contributed by atoms with Gasteiger partial charge in [0, 0.05) is 49.6 Å². The van der Waals surface area contributed by atoms with Crippen molar-refractivity contribution < 1.29 is 19.3 Å². The fraction of sp³-hybridized carbons (Fsp3) is 0.409. The molecule has 2 heterocycles. The number of piperazine rings is 1. The molecule has 1 aromatic carbocycles. The van der Waals surface area contributed by atoms with Gasteiger partial charge in [0.2, 0.25) is 5.91 Å². The number of aromatic amines is 1. The summed E-state index contributed by atoms with van der Waals surface area (Å²) in [6.07, 6.45) is 3.80. The van der Waals surface area contributed by atoms with Crippen LogP contribution < -0.4 is 19.9 Å². The molecule has 7 heteroatoms. The molecule has 0 aliphatic carbocycles. The number of carbonyl (C=O) groups excluding carboxylic acids is 2. The Morgan fingerprint density at radius 2 is 1.62 bits per heavy atom. The summed E-state index contributed by atoms with van der Waals surface area (Å²) in [4.78, 5) is 32.9. The van der Waals surface area contributed by atoms with E-state index in [1.165, 1.54) is 0 Å². The molecule has 2 aromatic rings. The molecule has 1 aliphatic rings. The summed E-state index contributed by atoms with van der Waals surface area (Å²) < 4.78 is 5.13. The van der Waals surface area contributed by atoms with Crippen LogP contribution in [-0.2, 0) is 4.79 Å². The molecule has 0 radical (unpaired) electrons. The largest absolute Gasteiger partial charge is 0.497 e. The minimum Gasteiger partial charge on any atom is -0.497 e. The second kappa shape index (κ2) is 9.41. The van der Waals surface area contributed by atoms with Gasteiger partial charge in [0.1, 0.15) is 11.8 Å². The highest BCUT2D eigenvalue weighted by molar-refractivity contribution is 5.97.